The fourth-order valence-corrected chi connectivity index (χ4v) is 3.58. The monoisotopic (exact) mass is 307 g/mol. The van der Waals surface area contributed by atoms with Gasteiger partial charge in [-0.2, -0.15) is 5.26 Å². The first-order chi connectivity index (χ1) is 10.3. The fourth-order valence-electron chi connectivity index (χ4n) is 2.73. The van der Waals surface area contributed by atoms with Gasteiger partial charge in [0.25, 0.3) is 0 Å². The minimum atomic E-state index is 0.467. The van der Waals surface area contributed by atoms with Gasteiger partial charge in [0, 0.05) is 30.9 Å². The molecule has 0 aromatic carbocycles. The zero-order valence-corrected chi connectivity index (χ0v) is 13.6. The van der Waals surface area contributed by atoms with Crippen LogP contribution < -0.4 is 0 Å². The van der Waals surface area contributed by atoms with E-state index in [4.69, 9.17) is 10.00 Å². The molecule has 0 saturated carbocycles. The van der Waals surface area contributed by atoms with Crippen molar-refractivity contribution < 1.29 is 4.74 Å². The van der Waals surface area contributed by atoms with Crippen LogP contribution in [0.2, 0.25) is 0 Å². The van der Waals surface area contributed by atoms with Gasteiger partial charge in [-0.15, -0.1) is 11.3 Å². The summed E-state index contributed by atoms with van der Waals surface area (Å²) in [4.78, 5) is 6.39. The smallest absolute Gasteiger partial charge is 0.0621 e. The van der Waals surface area contributed by atoms with Gasteiger partial charge in [-0.05, 0) is 37.9 Å². The molecule has 0 spiro atoms. The summed E-state index contributed by atoms with van der Waals surface area (Å²) in [5, 5.41) is 10.8. The van der Waals surface area contributed by atoms with E-state index >= 15 is 0 Å². The van der Waals surface area contributed by atoms with Crippen LogP contribution in [0.4, 0.5) is 0 Å². The van der Waals surface area contributed by atoms with Gasteiger partial charge < -0.3 is 9.64 Å². The van der Waals surface area contributed by atoms with Crippen LogP contribution in [0.5, 0.6) is 0 Å². The number of likely N-dealkylation sites (N-methyl/N-ethyl adjacent to an activating group) is 1. The third kappa shape index (κ3) is 5.40. The third-order valence-electron chi connectivity index (χ3n) is 3.92. The van der Waals surface area contributed by atoms with E-state index in [1.807, 2.05) is 11.3 Å². The molecule has 1 fully saturated rings. The molecule has 5 heteroatoms. The quantitative estimate of drug-likeness (QED) is 0.692. The van der Waals surface area contributed by atoms with Gasteiger partial charge in [0.2, 0.25) is 0 Å². The Balaban J connectivity index is 1.88. The minimum absolute atomic E-state index is 0.467. The van der Waals surface area contributed by atoms with Gasteiger partial charge in [-0.1, -0.05) is 6.07 Å². The normalized spacial score (nSPS) is 17.8. The summed E-state index contributed by atoms with van der Waals surface area (Å²) in [6.07, 6.45) is 2.78. The number of morpholine rings is 1. The molecule has 2 heterocycles. The number of ether oxygens (including phenoxy) is 1. The summed E-state index contributed by atoms with van der Waals surface area (Å²) in [5.74, 6) is 0. The van der Waals surface area contributed by atoms with Crippen molar-refractivity contribution in [3.05, 3.63) is 22.4 Å². The Labute approximate surface area is 131 Å². The molecule has 0 unspecified atom stereocenters. The fraction of sp³-hybridized carbons (Fsp3) is 0.688. The van der Waals surface area contributed by atoms with E-state index in [9.17, 15) is 0 Å². The number of hydrogen-bond acceptors (Lipinski definition) is 5. The zero-order chi connectivity index (χ0) is 14.9. The van der Waals surface area contributed by atoms with Crippen LogP contribution in [-0.2, 0) is 4.74 Å². The Morgan fingerprint density at radius 1 is 1.43 bits per heavy atom. The molecule has 1 aromatic rings. The number of nitriles is 1. The van der Waals surface area contributed by atoms with Gasteiger partial charge in [0.05, 0.1) is 25.3 Å². The van der Waals surface area contributed by atoms with E-state index in [0.717, 1.165) is 52.2 Å². The summed E-state index contributed by atoms with van der Waals surface area (Å²) in [7, 11) is 2.19. The molecule has 1 aromatic heterocycles. The highest BCUT2D eigenvalue weighted by Gasteiger charge is 2.24. The molecular formula is C16H25N3OS. The van der Waals surface area contributed by atoms with Crippen LogP contribution in [0.15, 0.2) is 17.5 Å². The first-order valence-corrected chi connectivity index (χ1v) is 8.60. The van der Waals surface area contributed by atoms with Gasteiger partial charge in [-0.3, -0.25) is 4.90 Å². The van der Waals surface area contributed by atoms with Crippen molar-refractivity contribution in [1.29, 1.82) is 5.26 Å². The van der Waals surface area contributed by atoms with Crippen molar-refractivity contribution >= 4 is 11.3 Å². The predicted molar refractivity (Wildman–Crippen MR) is 86.4 cm³/mol. The first kappa shape index (κ1) is 16.4. The number of hydrogen-bond donors (Lipinski definition) is 0. The molecular weight excluding hydrogens is 282 g/mol. The van der Waals surface area contributed by atoms with Crippen LogP contribution >= 0.6 is 11.3 Å². The maximum atomic E-state index is 8.59. The van der Waals surface area contributed by atoms with E-state index < -0.39 is 0 Å². The highest BCUT2D eigenvalue weighted by molar-refractivity contribution is 7.10. The summed E-state index contributed by atoms with van der Waals surface area (Å²) < 4.78 is 5.48. The van der Waals surface area contributed by atoms with Crippen molar-refractivity contribution in [1.82, 2.24) is 9.80 Å². The van der Waals surface area contributed by atoms with Gasteiger partial charge in [0.1, 0.15) is 0 Å². The standard InChI is InChI=1S/C16H25N3OS/c1-18(8-4-2-3-7-17)14-15(16-6-5-13-21-16)19-9-11-20-12-10-19/h5-6,13,15H,2-4,8-12,14H2,1H3/t15-/m0/s1. The molecule has 2 rings (SSSR count). The molecule has 1 aliphatic heterocycles. The number of rotatable bonds is 8. The van der Waals surface area contributed by atoms with E-state index in [-0.39, 0.29) is 0 Å². The lowest BCUT2D eigenvalue weighted by Gasteiger charge is -2.36. The topological polar surface area (TPSA) is 39.5 Å². The van der Waals surface area contributed by atoms with Crippen LogP contribution in [0.25, 0.3) is 0 Å². The third-order valence-corrected chi connectivity index (χ3v) is 4.89. The van der Waals surface area contributed by atoms with E-state index in [1.54, 1.807) is 0 Å². The van der Waals surface area contributed by atoms with Gasteiger partial charge in [-0.25, -0.2) is 0 Å². The Morgan fingerprint density at radius 3 is 2.90 bits per heavy atom. The summed E-state index contributed by atoms with van der Waals surface area (Å²) in [6.45, 7) is 5.83. The van der Waals surface area contributed by atoms with E-state index in [1.165, 1.54) is 4.88 Å². The lowest BCUT2D eigenvalue weighted by Crippen LogP contribution is -2.43. The van der Waals surface area contributed by atoms with Crippen LogP contribution in [0, 0.1) is 11.3 Å². The summed E-state index contributed by atoms with van der Waals surface area (Å²) >= 11 is 1.85. The Kier molecular flexibility index (Phi) is 7.17. The van der Waals surface area contributed by atoms with Crippen molar-refractivity contribution in [2.45, 2.75) is 25.3 Å². The van der Waals surface area contributed by atoms with E-state index in [2.05, 4.69) is 40.4 Å². The largest absolute Gasteiger partial charge is 0.379 e. The van der Waals surface area contributed by atoms with Crippen molar-refractivity contribution in [3.63, 3.8) is 0 Å². The molecule has 116 valence electrons. The Bertz CT molecular complexity index is 423. The summed E-state index contributed by atoms with van der Waals surface area (Å²) in [5.41, 5.74) is 0. The Morgan fingerprint density at radius 2 is 2.24 bits per heavy atom. The number of nitrogens with zero attached hydrogens (tertiary/aromatic N) is 3. The lowest BCUT2D eigenvalue weighted by atomic mass is 10.1. The minimum Gasteiger partial charge on any atom is -0.379 e. The molecule has 21 heavy (non-hydrogen) atoms. The number of unbranched alkanes of at least 4 members (excludes halogenated alkanes) is 2. The van der Waals surface area contributed by atoms with Crippen LogP contribution in [0.3, 0.4) is 0 Å². The molecule has 0 N–H and O–H groups in total. The van der Waals surface area contributed by atoms with Crippen LogP contribution in [-0.4, -0.2) is 56.2 Å². The van der Waals surface area contributed by atoms with Crippen LogP contribution in [0.1, 0.15) is 30.2 Å². The second kappa shape index (κ2) is 9.16. The average Bonchev–Trinajstić information content (AvgIpc) is 3.04. The van der Waals surface area contributed by atoms with Crippen molar-refractivity contribution in [3.8, 4) is 6.07 Å². The van der Waals surface area contributed by atoms with Gasteiger partial charge >= 0.3 is 0 Å². The second-order valence-electron chi connectivity index (χ2n) is 5.56. The van der Waals surface area contributed by atoms with Crippen molar-refractivity contribution in [2.24, 2.45) is 0 Å². The molecule has 1 atom stereocenters. The molecule has 0 bridgehead atoms. The van der Waals surface area contributed by atoms with Crippen molar-refractivity contribution in [2.75, 3.05) is 46.4 Å². The maximum Gasteiger partial charge on any atom is 0.0621 e. The zero-order valence-electron chi connectivity index (χ0n) is 12.8. The summed E-state index contributed by atoms with van der Waals surface area (Å²) in [6, 6.07) is 7.07. The lowest BCUT2D eigenvalue weighted by molar-refractivity contribution is 0.0101. The molecule has 4 nitrogen and oxygen atoms in total. The molecule has 0 amide bonds. The van der Waals surface area contributed by atoms with Gasteiger partial charge in [0.15, 0.2) is 0 Å². The maximum absolute atomic E-state index is 8.59. The molecule has 1 saturated heterocycles. The SMILES string of the molecule is CN(CCCCC#N)C[C@@H](c1cccs1)N1CCOCC1. The second-order valence-corrected chi connectivity index (χ2v) is 6.54. The Hall–Kier alpha value is -0.930. The average molecular weight is 307 g/mol. The molecule has 0 radical (unpaired) electrons. The first-order valence-electron chi connectivity index (χ1n) is 7.72. The predicted octanol–water partition coefficient (Wildman–Crippen LogP) is 2.75. The molecule has 1 aliphatic rings. The van der Waals surface area contributed by atoms with E-state index in [0.29, 0.717) is 12.5 Å². The highest BCUT2D eigenvalue weighted by Crippen LogP contribution is 2.26. The number of thiophene rings is 1. The highest BCUT2D eigenvalue weighted by atomic mass is 32.1. The molecule has 0 aliphatic carbocycles.